The van der Waals surface area contributed by atoms with E-state index in [0.29, 0.717) is 12.3 Å². The van der Waals surface area contributed by atoms with Gasteiger partial charge in [0.1, 0.15) is 5.75 Å². The van der Waals surface area contributed by atoms with Gasteiger partial charge < -0.3 is 15.2 Å². The molecule has 0 radical (unpaired) electrons. The monoisotopic (exact) mass is 364 g/mol. The molecule has 2 atom stereocenters. The predicted octanol–water partition coefficient (Wildman–Crippen LogP) is 1.17. The van der Waals surface area contributed by atoms with E-state index < -0.39 is 27.0 Å². The summed E-state index contributed by atoms with van der Waals surface area (Å²) >= 11 is 0. The van der Waals surface area contributed by atoms with Crippen molar-refractivity contribution in [2.75, 3.05) is 6.54 Å². The third kappa shape index (κ3) is 4.16. The van der Waals surface area contributed by atoms with Crippen LogP contribution in [0.4, 0.5) is 0 Å². The number of hydrogen-bond donors (Lipinski definition) is 3. The Balaban J connectivity index is 2.50. The number of ether oxygens (including phenoxy) is 1. The number of sulfonamides is 1. The number of primary sulfonamides is 1. The van der Waals surface area contributed by atoms with Crippen LogP contribution in [0.25, 0.3) is 0 Å². The summed E-state index contributed by atoms with van der Waals surface area (Å²) in [5, 5.41) is 17.6. The first-order valence-electron chi connectivity index (χ1n) is 7.55. The Morgan fingerprint density at radius 2 is 2.08 bits per heavy atom. The zero-order valence-corrected chi connectivity index (χ0v) is 14.4. The first kappa shape index (κ1) is 18.9. The molecule has 0 saturated carbocycles. The zero-order valence-electron chi connectivity index (χ0n) is 13.6. The smallest absolute Gasteiger partial charge is 0.335 e. The molecule has 8 heteroatoms. The predicted molar refractivity (Wildman–Crippen MR) is 94.4 cm³/mol. The van der Waals surface area contributed by atoms with Gasteiger partial charge in [0.05, 0.1) is 11.6 Å². The van der Waals surface area contributed by atoms with Gasteiger partial charge >= 0.3 is 5.97 Å². The molecular formula is C17H20N2O5S. The highest BCUT2D eigenvalue weighted by atomic mass is 32.2. The van der Waals surface area contributed by atoms with Crippen LogP contribution >= 0.6 is 0 Å². The number of hydrogen-bond acceptors (Lipinski definition) is 5. The number of nitrogens with one attached hydrogen (secondary N) is 1. The van der Waals surface area contributed by atoms with Crippen molar-refractivity contribution in [1.29, 1.82) is 0 Å². The molecule has 0 fully saturated rings. The summed E-state index contributed by atoms with van der Waals surface area (Å²) in [7, 11) is -4.25. The van der Waals surface area contributed by atoms with E-state index in [-0.39, 0.29) is 5.57 Å². The highest BCUT2D eigenvalue weighted by molar-refractivity contribution is 7.90. The fourth-order valence-corrected chi connectivity index (χ4v) is 3.39. The second-order valence-corrected chi connectivity index (χ2v) is 7.13. The number of nitrogens with two attached hydrogens (primary N) is 1. The van der Waals surface area contributed by atoms with E-state index >= 15 is 0 Å². The maximum absolute atomic E-state index is 12.4. The molecule has 4 N–H and O–H groups in total. The van der Waals surface area contributed by atoms with E-state index in [9.17, 15) is 18.3 Å². The van der Waals surface area contributed by atoms with Gasteiger partial charge in [0.2, 0.25) is 0 Å². The number of benzene rings is 1. The lowest BCUT2D eigenvalue weighted by Gasteiger charge is -2.37. The van der Waals surface area contributed by atoms with Crippen molar-refractivity contribution in [3.05, 3.63) is 66.3 Å². The lowest BCUT2D eigenvalue weighted by Crippen LogP contribution is -2.61. The van der Waals surface area contributed by atoms with Crippen molar-refractivity contribution in [2.45, 2.75) is 17.9 Å². The van der Waals surface area contributed by atoms with E-state index in [0.717, 1.165) is 0 Å². The van der Waals surface area contributed by atoms with E-state index in [1.54, 1.807) is 42.5 Å². The van der Waals surface area contributed by atoms with Crippen molar-refractivity contribution in [1.82, 2.24) is 5.32 Å². The summed E-state index contributed by atoms with van der Waals surface area (Å²) < 4.78 is 30.6. The van der Waals surface area contributed by atoms with Crippen molar-refractivity contribution in [2.24, 2.45) is 5.14 Å². The zero-order chi connectivity index (χ0) is 18.5. The minimum absolute atomic E-state index is 0.0473. The van der Waals surface area contributed by atoms with Crippen molar-refractivity contribution < 1.29 is 23.1 Å². The van der Waals surface area contributed by atoms with Crippen molar-refractivity contribution in [3.63, 3.8) is 0 Å². The summed E-state index contributed by atoms with van der Waals surface area (Å²) in [5.74, 6) is -0.872. The molecule has 1 aliphatic carbocycles. The summed E-state index contributed by atoms with van der Waals surface area (Å²) in [4.78, 5) is 9.30. The third-order valence-corrected chi connectivity index (χ3v) is 5.04. The summed E-state index contributed by atoms with van der Waals surface area (Å²) in [6.07, 6.45) is 7.20. The van der Waals surface area contributed by atoms with Crippen LogP contribution in [-0.4, -0.2) is 37.0 Å². The van der Waals surface area contributed by atoms with E-state index in [4.69, 9.17) is 9.88 Å². The summed E-state index contributed by atoms with van der Waals surface area (Å²) in [5.41, 5.74) is -0.0473. The highest BCUT2D eigenvalue weighted by Gasteiger charge is 2.50. The van der Waals surface area contributed by atoms with Crippen LogP contribution in [0, 0.1) is 0 Å². The Hall–Kier alpha value is -2.42. The van der Waals surface area contributed by atoms with E-state index in [2.05, 4.69) is 5.32 Å². The number of rotatable bonds is 7. The standard InChI is InChI=1S/C17H20N2O5S/c1-2-3-11-19-15-12-13(16(20)21)9-10-17(15,25(18,22)23)24-14-7-5-4-6-8-14/h2-10,12,15,19H,11H2,1H3,(H,20,21)(H2,18,22,23). The molecule has 0 amide bonds. The van der Waals surface area contributed by atoms with Crippen molar-refractivity contribution in [3.8, 4) is 5.75 Å². The summed E-state index contributed by atoms with van der Waals surface area (Å²) in [6, 6.07) is 7.35. The molecule has 0 bridgehead atoms. The normalized spacial score (nSPS) is 23.4. The van der Waals surface area contributed by atoms with Gasteiger partial charge in [-0.05, 0) is 37.3 Å². The molecular weight excluding hydrogens is 344 g/mol. The average Bonchev–Trinajstić information content (AvgIpc) is 2.56. The molecule has 134 valence electrons. The molecule has 7 nitrogen and oxygen atoms in total. The SMILES string of the molecule is CC=CCNC1C=C(C(=O)O)C=CC1(Oc1ccccc1)S(N)(=O)=O. The maximum atomic E-state index is 12.4. The molecule has 0 aliphatic heterocycles. The Kier molecular flexibility index (Phi) is 5.78. The molecule has 1 aliphatic rings. The number of para-hydroxylation sites is 1. The molecule has 1 aromatic rings. The lowest BCUT2D eigenvalue weighted by molar-refractivity contribution is -0.132. The van der Waals surface area contributed by atoms with E-state index in [1.165, 1.54) is 18.2 Å². The molecule has 1 aromatic carbocycles. The van der Waals surface area contributed by atoms with Crippen molar-refractivity contribution >= 4 is 16.0 Å². The van der Waals surface area contributed by atoms with E-state index in [1.807, 2.05) is 6.92 Å². The third-order valence-electron chi connectivity index (χ3n) is 3.68. The topological polar surface area (TPSA) is 119 Å². The van der Waals surface area contributed by atoms with Gasteiger partial charge in [0, 0.05) is 6.54 Å². The van der Waals surface area contributed by atoms with Crippen LogP contribution < -0.4 is 15.2 Å². The highest BCUT2D eigenvalue weighted by Crippen LogP contribution is 2.31. The molecule has 0 saturated heterocycles. The van der Waals surface area contributed by atoms with Crippen LogP contribution in [0.3, 0.4) is 0 Å². The quantitative estimate of drug-likeness (QED) is 0.625. The Morgan fingerprint density at radius 3 is 2.64 bits per heavy atom. The van der Waals surface area contributed by atoms with Crippen LogP contribution in [0.5, 0.6) is 5.75 Å². The second-order valence-electron chi connectivity index (χ2n) is 5.40. The van der Waals surface area contributed by atoms with Gasteiger partial charge in [0.15, 0.2) is 0 Å². The Morgan fingerprint density at radius 1 is 1.40 bits per heavy atom. The van der Waals surface area contributed by atoms with Gasteiger partial charge in [-0.3, -0.25) is 0 Å². The number of allylic oxidation sites excluding steroid dienone is 1. The molecule has 2 unspecified atom stereocenters. The van der Waals surface area contributed by atoms with Gasteiger partial charge in [-0.25, -0.2) is 18.4 Å². The largest absolute Gasteiger partial charge is 0.478 e. The average molecular weight is 364 g/mol. The minimum Gasteiger partial charge on any atom is -0.478 e. The first-order chi connectivity index (χ1) is 11.8. The fraction of sp³-hybridized carbons (Fsp3) is 0.235. The van der Waals surface area contributed by atoms with Crippen LogP contribution in [-0.2, 0) is 14.8 Å². The number of carboxylic acid groups (broad SMARTS) is 1. The van der Waals surface area contributed by atoms with Gasteiger partial charge in [-0.1, -0.05) is 30.4 Å². The van der Waals surface area contributed by atoms with Crippen LogP contribution in [0.2, 0.25) is 0 Å². The molecule has 2 rings (SSSR count). The first-order valence-corrected chi connectivity index (χ1v) is 9.10. The van der Waals surface area contributed by atoms with Gasteiger partial charge in [-0.15, -0.1) is 0 Å². The minimum atomic E-state index is -4.25. The Bertz CT molecular complexity index is 815. The number of aliphatic carboxylic acids is 1. The maximum Gasteiger partial charge on any atom is 0.335 e. The van der Waals surface area contributed by atoms with Crippen LogP contribution in [0.1, 0.15) is 6.92 Å². The fourth-order valence-electron chi connectivity index (χ4n) is 2.42. The molecule has 0 heterocycles. The molecule has 0 spiro atoms. The molecule has 0 aromatic heterocycles. The second kappa shape index (κ2) is 7.64. The van der Waals surface area contributed by atoms with Gasteiger partial charge in [-0.2, -0.15) is 0 Å². The van der Waals surface area contributed by atoms with Gasteiger partial charge in [0.25, 0.3) is 15.0 Å². The number of carboxylic acids is 1. The van der Waals surface area contributed by atoms with Crippen LogP contribution in [0.15, 0.2) is 66.3 Å². The summed E-state index contributed by atoms with van der Waals surface area (Å²) in [6.45, 7) is 2.13. The molecule has 25 heavy (non-hydrogen) atoms. The lowest BCUT2D eigenvalue weighted by atomic mass is 9.99. The number of carbonyl (C=O) groups is 1. The Labute approximate surface area is 146 Å².